The second-order valence-electron chi connectivity index (χ2n) is 4.12. The summed E-state index contributed by atoms with van der Waals surface area (Å²) in [5.74, 6) is 0.717. The van der Waals surface area contributed by atoms with Gasteiger partial charge in [0.15, 0.2) is 0 Å². The molecule has 96 valence electrons. The molecular weight excluding hydrogens is 368 g/mol. The third kappa shape index (κ3) is 5.70. The highest BCUT2D eigenvalue weighted by Crippen LogP contribution is 2.19. The third-order valence-electron chi connectivity index (χ3n) is 2.14. The first-order chi connectivity index (χ1) is 7.94. The van der Waals surface area contributed by atoms with Gasteiger partial charge in [0, 0.05) is 34.0 Å². The van der Waals surface area contributed by atoms with E-state index in [2.05, 4.69) is 42.2 Å². The van der Waals surface area contributed by atoms with Crippen molar-refractivity contribution in [2.45, 2.75) is 19.1 Å². The van der Waals surface area contributed by atoms with Gasteiger partial charge in [-0.15, -0.1) is 0 Å². The third-order valence-corrected chi connectivity index (χ3v) is 4.17. The zero-order chi connectivity index (χ0) is 12.9. The van der Waals surface area contributed by atoms with E-state index in [1.807, 2.05) is 19.2 Å². The van der Waals surface area contributed by atoms with Crippen LogP contribution in [0.15, 0.2) is 21.2 Å². The maximum atomic E-state index is 9.98. The van der Waals surface area contributed by atoms with Crippen LogP contribution < -0.4 is 5.32 Å². The van der Waals surface area contributed by atoms with Crippen LogP contribution in [-0.4, -0.2) is 34.2 Å². The molecule has 0 fully saturated rings. The molecule has 0 saturated carbocycles. The molecule has 0 aromatic carbocycles. The molecule has 1 atom stereocenters. The molecular formula is C11H16Br2N2OS. The molecule has 6 heteroatoms. The predicted octanol–water partition coefficient (Wildman–Crippen LogP) is 2.81. The topological polar surface area (TPSA) is 45.1 Å². The van der Waals surface area contributed by atoms with Crippen molar-refractivity contribution in [1.82, 2.24) is 10.3 Å². The average Bonchev–Trinajstić information content (AvgIpc) is 2.21. The zero-order valence-electron chi connectivity index (χ0n) is 9.83. The maximum absolute atomic E-state index is 9.98. The quantitative estimate of drug-likeness (QED) is 0.792. The Kier molecular flexibility index (Phi) is 6.44. The van der Waals surface area contributed by atoms with Crippen LogP contribution in [0.3, 0.4) is 0 Å². The van der Waals surface area contributed by atoms with Gasteiger partial charge in [-0.1, -0.05) is 0 Å². The van der Waals surface area contributed by atoms with Gasteiger partial charge in [-0.05, 0) is 51.1 Å². The Labute approximate surface area is 123 Å². The Morgan fingerprint density at radius 2 is 2.24 bits per heavy atom. The summed E-state index contributed by atoms with van der Waals surface area (Å²) in [5, 5.41) is 13.2. The monoisotopic (exact) mass is 382 g/mol. The normalized spacial score (nSPS) is 14.6. The van der Waals surface area contributed by atoms with E-state index in [4.69, 9.17) is 0 Å². The predicted molar refractivity (Wildman–Crippen MR) is 80.3 cm³/mol. The van der Waals surface area contributed by atoms with Crippen LogP contribution in [-0.2, 0) is 6.54 Å². The molecule has 1 aromatic heterocycles. The summed E-state index contributed by atoms with van der Waals surface area (Å²) < 4.78 is 1.91. The summed E-state index contributed by atoms with van der Waals surface area (Å²) >= 11 is 8.46. The van der Waals surface area contributed by atoms with E-state index in [-0.39, 0.29) is 0 Å². The van der Waals surface area contributed by atoms with Crippen molar-refractivity contribution in [2.75, 3.05) is 18.6 Å². The molecule has 0 saturated heterocycles. The van der Waals surface area contributed by atoms with Gasteiger partial charge in [-0.2, -0.15) is 11.8 Å². The molecule has 0 aliphatic rings. The van der Waals surface area contributed by atoms with Gasteiger partial charge >= 0.3 is 0 Å². The smallest absolute Gasteiger partial charge is 0.0833 e. The number of aromatic nitrogens is 1. The summed E-state index contributed by atoms with van der Waals surface area (Å²) in [6.07, 6.45) is 3.75. The van der Waals surface area contributed by atoms with Crippen molar-refractivity contribution in [3.8, 4) is 0 Å². The second-order valence-corrected chi connectivity index (χ2v) is 6.75. The Hall–Kier alpha value is 0.380. The first-order valence-electron chi connectivity index (χ1n) is 5.16. The fourth-order valence-corrected chi connectivity index (χ4v) is 3.24. The maximum Gasteiger partial charge on any atom is 0.0833 e. The Bertz CT molecular complexity index is 374. The summed E-state index contributed by atoms with van der Waals surface area (Å²) in [4.78, 5) is 4.30. The fourth-order valence-electron chi connectivity index (χ4n) is 1.39. The minimum absolute atomic E-state index is 0.554. The van der Waals surface area contributed by atoms with E-state index in [1.165, 1.54) is 0 Å². The molecule has 1 unspecified atom stereocenters. The lowest BCUT2D eigenvalue weighted by Crippen LogP contribution is -2.39. The van der Waals surface area contributed by atoms with Gasteiger partial charge in [0.05, 0.1) is 11.3 Å². The number of nitrogens with zero attached hydrogens (tertiary/aromatic N) is 1. The molecule has 1 rings (SSSR count). The van der Waals surface area contributed by atoms with Gasteiger partial charge < -0.3 is 10.4 Å². The van der Waals surface area contributed by atoms with Crippen LogP contribution in [0.5, 0.6) is 0 Å². The van der Waals surface area contributed by atoms with E-state index >= 15 is 0 Å². The van der Waals surface area contributed by atoms with Crippen LogP contribution >= 0.6 is 43.6 Å². The Morgan fingerprint density at radius 3 is 2.82 bits per heavy atom. The van der Waals surface area contributed by atoms with Gasteiger partial charge in [0.1, 0.15) is 0 Å². The number of nitrogens with one attached hydrogen (secondary N) is 1. The van der Waals surface area contributed by atoms with Gasteiger partial charge in [-0.3, -0.25) is 4.98 Å². The van der Waals surface area contributed by atoms with Crippen molar-refractivity contribution in [3.63, 3.8) is 0 Å². The van der Waals surface area contributed by atoms with Crippen LogP contribution in [0.2, 0.25) is 0 Å². The first kappa shape index (κ1) is 15.4. The fraction of sp³-hybridized carbons (Fsp3) is 0.545. The van der Waals surface area contributed by atoms with Gasteiger partial charge in [0.25, 0.3) is 0 Å². The molecule has 0 aliphatic heterocycles. The number of pyridine rings is 1. The minimum atomic E-state index is -0.679. The SMILES string of the molecule is CSCC(C)(O)CNCc1ncc(Br)cc1Br. The van der Waals surface area contributed by atoms with E-state index in [0.717, 1.165) is 20.4 Å². The number of rotatable bonds is 6. The summed E-state index contributed by atoms with van der Waals surface area (Å²) in [6.45, 7) is 3.02. The molecule has 17 heavy (non-hydrogen) atoms. The Balaban J connectivity index is 2.46. The number of thioether (sulfide) groups is 1. The largest absolute Gasteiger partial charge is 0.388 e. The second kappa shape index (κ2) is 7.09. The molecule has 2 N–H and O–H groups in total. The summed E-state index contributed by atoms with van der Waals surface area (Å²) in [5.41, 5.74) is 0.259. The number of hydrogen-bond acceptors (Lipinski definition) is 4. The Morgan fingerprint density at radius 1 is 1.53 bits per heavy atom. The van der Waals surface area contributed by atoms with E-state index in [1.54, 1.807) is 18.0 Å². The average molecular weight is 384 g/mol. The molecule has 1 aromatic rings. The highest BCUT2D eigenvalue weighted by atomic mass is 79.9. The van der Waals surface area contributed by atoms with Crippen LogP contribution in [0.25, 0.3) is 0 Å². The van der Waals surface area contributed by atoms with Crippen LogP contribution in [0.4, 0.5) is 0 Å². The van der Waals surface area contributed by atoms with Crippen molar-refractivity contribution < 1.29 is 5.11 Å². The first-order valence-corrected chi connectivity index (χ1v) is 8.14. The number of halogens is 2. The van der Waals surface area contributed by atoms with Crippen molar-refractivity contribution in [3.05, 3.63) is 26.9 Å². The van der Waals surface area contributed by atoms with Gasteiger partial charge in [-0.25, -0.2) is 0 Å². The highest BCUT2D eigenvalue weighted by Gasteiger charge is 2.18. The lowest BCUT2D eigenvalue weighted by molar-refractivity contribution is 0.0845. The lowest BCUT2D eigenvalue weighted by atomic mass is 10.1. The van der Waals surface area contributed by atoms with Crippen molar-refractivity contribution >= 4 is 43.6 Å². The van der Waals surface area contributed by atoms with E-state index in [9.17, 15) is 5.11 Å². The van der Waals surface area contributed by atoms with Crippen molar-refractivity contribution in [2.24, 2.45) is 0 Å². The van der Waals surface area contributed by atoms with Gasteiger partial charge in [0.2, 0.25) is 0 Å². The zero-order valence-corrected chi connectivity index (χ0v) is 13.8. The summed E-state index contributed by atoms with van der Waals surface area (Å²) in [6, 6.07) is 1.96. The minimum Gasteiger partial charge on any atom is -0.388 e. The number of aliphatic hydroxyl groups is 1. The molecule has 1 heterocycles. The molecule has 0 amide bonds. The van der Waals surface area contributed by atoms with Crippen molar-refractivity contribution in [1.29, 1.82) is 0 Å². The van der Waals surface area contributed by atoms with Crippen LogP contribution in [0.1, 0.15) is 12.6 Å². The lowest BCUT2D eigenvalue weighted by Gasteiger charge is -2.22. The molecule has 0 aliphatic carbocycles. The summed E-state index contributed by atoms with van der Waals surface area (Å²) in [7, 11) is 0. The van der Waals surface area contributed by atoms with E-state index in [0.29, 0.717) is 13.1 Å². The number of hydrogen-bond donors (Lipinski definition) is 2. The van der Waals surface area contributed by atoms with E-state index < -0.39 is 5.60 Å². The van der Waals surface area contributed by atoms with Crippen LogP contribution in [0, 0.1) is 0 Å². The molecule has 0 bridgehead atoms. The highest BCUT2D eigenvalue weighted by molar-refractivity contribution is 9.11. The molecule has 0 radical (unpaired) electrons. The molecule has 3 nitrogen and oxygen atoms in total. The standard InChI is InChI=1S/C11H16Br2N2OS/c1-11(16,7-17-2)6-14-5-10-9(13)3-8(12)4-15-10/h3-4,14,16H,5-7H2,1-2H3. The molecule has 0 spiro atoms.